The number of aromatic nitrogens is 2. The Kier molecular flexibility index (Phi) is 5.98. The normalized spacial score (nSPS) is 13.4. The zero-order valence-electron chi connectivity index (χ0n) is 14.7. The van der Waals surface area contributed by atoms with E-state index in [0.29, 0.717) is 6.42 Å². The minimum atomic E-state index is -0.416. The molecule has 0 aliphatic rings. The molecule has 130 valence electrons. The zero-order valence-corrected chi connectivity index (χ0v) is 14.7. The fourth-order valence-electron chi connectivity index (χ4n) is 2.81. The highest BCUT2D eigenvalue weighted by molar-refractivity contribution is 5.74. The summed E-state index contributed by atoms with van der Waals surface area (Å²) in [4.78, 5) is 12.2. The SMILES string of the molecule is Cc1nn(C)c(C)c1C[C@H](C)NC(=O)N[C@@H](CO)c1ccccc1. The van der Waals surface area contributed by atoms with Crippen LogP contribution in [-0.2, 0) is 13.5 Å². The van der Waals surface area contributed by atoms with Crippen molar-refractivity contribution in [3.05, 3.63) is 52.8 Å². The highest BCUT2D eigenvalue weighted by Crippen LogP contribution is 2.14. The lowest BCUT2D eigenvalue weighted by Gasteiger charge is -2.20. The Balaban J connectivity index is 1.93. The summed E-state index contributed by atoms with van der Waals surface area (Å²) in [6.07, 6.45) is 0.716. The number of nitrogens with zero attached hydrogens (tertiary/aromatic N) is 2. The fourth-order valence-corrected chi connectivity index (χ4v) is 2.81. The van der Waals surface area contributed by atoms with E-state index in [1.165, 1.54) is 0 Å². The second-order valence-electron chi connectivity index (χ2n) is 6.14. The summed E-state index contributed by atoms with van der Waals surface area (Å²) in [7, 11) is 1.92. The van der Waals surface area contributed by atoms with E-state index in [9.17, 15) is 9.90 Å². The number of aryl methyl sites for hydroxylation is 2. The highest BCUT2D eigenvalue weighted by Gasteiger charge is 2.17. The van der Waals surface area contributed by atoms with E-state index in [1.807, 2.05) is 62.8 Å². The first-order chi connectivity index (χ1) is 11.4. The molecule has 0 radical (unpaired) electrons. The molecule has 0 bridgehead atoms. The number of carbonyl (C=O) groups is 1. The molecule has 0 fully saturated rings. The maximum atomic E-state index is 12.2. The van der Waals surface area contributed by atoms with Crippen molar-refractivity contribution in [2.24, 2.45) is 7.05 Å². The Hall–Kier alpha value is -2.34. The van der Waals surface area contributed by atoms with Gasteiger partial charge in [0.1, 0.15) is 0 Å². The smallest absolute Gasteiger partial charge is 0.315 e. The number of urea groups is 1. The van der Waals surface area contributed by atoms with Crippen LogP contribution in [0.25, 0.3) is 0 Å². The Labute approximate surface area is 142 Å². The minimum absolute atomic E-state index is 0.0401. The monoisotopic (exact) mass is 330 g/mol. The summed E-state index contributed by atoms with van der Waals surface area (Å²) in [5, 5.41) is 19.7. The maximum Gasteiger partial charge on any atom is 0.315 e. The van der Waals surface area contributed by atoms with E-state index >= 15 is 0 Å². The van der Waals surface area contributed by atoms with Crippen molar-refractivity contribution in [1.29, 1.82) is 0 Å². The Morgan fingerprint density at radius 1 is 1.25 bits per heavy atom. The second-order valence-corrected chi connectivity index (χ2v) is 6.14. The topological polar surface area (TPSA) is 79.2 Å². The van der Waals surface area contributed by atoms with Crippen molar-refractivity contribution in [3.63, 3.8) is 0 Å². The third kappa shape index (κ3) is 4.35. The molecule has 3 N–H and O–H groups in total. The van der Waals surface area contributed by atoms with E-state index in [2.05, 4.69) is 15.7 Å². The molecule has 0 aliphatic carbocycles. The zero-order chi connectivity index (χ0) is 17.7. The number of aliphatic hydroxyl groups excluding tert-OH is 1. The van der Waals surface area contributed by atoms with Gasteiger partial charge in [0.15, 0.2) is 0 Å². The molecule has 0 saturated carbocycles. The summed E-state index contributed by atoms with van der Waals surface area (Å²) < 4.78 is 1.86. The first-order valence-corrected chi connectivity index (χ1v) is 8.14. The van der Waals surface area contributed by atoms with Gasteiger partial charge in [0.25, 0.3) is 0 Å². The number of nitrogens with one attached hydrogen (secondary N) is 2. The summed E-state index contributed by atoms with van der Waals surface area (Å²) >= 11 is 0. The van der Waals surface area contributed by atoms with Crippen molar-refractivity contribution in [2.45, 2.75) is 39.3 Å². The number of carbonyl (C=O) groups excluding carboxylic acids is 1. The van der Waals surface area contributed by atoms with Crippen LogP contribution in [0, 0.1) is 13.8 Å². The number of hydrogen-bond acceptors (Lipinski definition) is 3. The number of hydrogen-bond donors (Lipinski definition) is 3. The van der Waals surface area contributed by atoms with Gasteiger partial charge >= 0.3 is 6.03 Å². The standard InChI is InChI=1S/C18H26N4O2/c1-12(10-16-13(2)21-22(4)14(16)3)19-18(24)20-17(11-23)15-8-6-5-7-9-15/h5-9,12,17,23H,10-11H2,1-4H3,(H2,19,20,24)/t12-,17-/m0/s1. The van der Waals surface area contributed by atoms with Crippen LogP contribution in [0.2, 0.25) is 0 Å². The Morgan fingerprint density at radius 2 is 1.92 bits per heavy atom. The van der Waals surface area contributed by atoms with E-state index in [1.54, 1.807) is 0 Å². The van der Waals surface area contributed by atoms with Gasteiger partial charge in [-0.15, -0.1) is 0 Å². The highest BCUT2D eigenvalue weighted by atomic mass is 16.3. The molecule has 2 atom stereocenters. The van der Waals surface area contributed by atoms with Crippen molar-refractivity contribution >= 4 is 6.03 Å². The van der Waals surface area contributed by atoms with Crippen molar-refractivity contribution < 1.29 is 9.90 Å². The van der Waals surface area contributed by atoms with Crippen LogP contribution in [0.1, 0.15) is 35.5 Å². The number of aliphatic hydroxyl groups is 1. The molecule has 1 heterocycles. The van der Waals surface area contributed by atoms with E-state index in [-0.39, 0.29) is 18.7 Å². The first-order valence-electron chi connectivity index (χ1n) is 8.14. The molecule has 1 aromatic heterocycles. The van der Waals surface area contributed by atoms with Gasteiger partial charge in [0.2, 0.25) is 0 Å². The van der Waals surface area contributed by atoms with Crippen LogP contribution in [0.3, 0.4) is 0 Å². The van der Waals surface area contributed by atoms with Crippen molar-refractivity contribution in [3.8, 4) is 0 Å². The summed E-state index contributed by atoms with van der Waals surface area (Å²) in [5.41, 5.74) is 4.13. The first kappa shape index (κ1) is 18.0. The van der Waals surface area contributed by atoms with Gasteiger partial charge in [0.05, 0.1) is 18.3 Å². The maximum absolute atomic E-state index is 12.2. The third-order valence-corrected chi connectivity index (χ3v) is 4.24. The van der Waals surface area contributed by atoms with E-state index < -0.39 is 6.04 Å². The summed E-state index contributed by atoms with van der Waals surface area (Å²) in [5.74, 6) is 0. The molecule has 2 amide bonds. The fraction of sp³-hybridized carbons (Fsp3) is 0.444. The van der Waals surface area contributed by atoms with Crippen molar-refractivity contribution in [1.82, 2.24) is 20.4 Å². The molecular formula is C18H26N4O2. The van der Waals surface area contributed by atoms with Crippen molar-refractivity contribution in [2.75, 3.05) is 6.61 Å². The van der Waals surface area contributed by atoms with Gasteiger partial charge < -0.3 is 15.7 Å². The van der Waals surface area contributed by atoms with E-state index in [0.717, 1.165) is 22.5 Å². The Bertz CT molecular complexity index is 682. The van der Waals surface area contributed by atoms with Crippen LogP contribution >= 0.6 is 0 Å². The van der Waals surface area contributed by atoms with Gasteiger partial charge in [-0.3, -0.25) is 4.68 Å². The van der Waals surface area contributed by atoms with Gasteiger partial charge in [-0.25, -0.2) is 4.79 Å². The molecule has 0 saturated heterocycles. The summed E-state index contributed by atoms with van der Waals surface area (Å²) in [6, 6.07) is 8.69. The lowest BCUT2D eigenvalue weighted by molar-refractivity contribution is 0.214. The molecule has 0 spiro atoms. The van der Waals surface area contributed by atoms with Crippen LogP contribution in [0.15, 0.2) is 30.3 Å². The van der Waals surface area contributed by atoms with Gasteiger partial charge in [-0.2, -0.15) is 5.10 Å². The quantitative estimate of drug-likeness (QED) is 0.758. The average Bonchev–Trinajstić information content (AvgIpc) is 2.79. The van der Waals surface area contributed by atoms with E-state index in [4.69, 9.17) is 0 Å². The Morgan fingerprint density at radius 3 is 2.46 bits per heavy atom. The molecule has 0 aliphatic heterocycles. The molecule has 2 rings (SSSR count). The molecule has 2 aromatic rings. The minimum Gasteiger partial charge on any atom is -0.394 e. The van der Waals surface area contributed by atoms with Gasteiger partial charge in [-0.1, -0.05) is 30.3 Å². The number of amides is 2. The van der Waals surface area contributed by atoms with Crippen LogP contribution in [0.5, 0.6) is 0 Å². The molecule has 0 unspecified atom stereocenters. The molecular weight excluding hydrogens is 304 g/mol. The van der Waals surface area contributed by atoms with Gasteiger partial charge in [-0.05, 0) is 38.3 Å². The molecule has 24 heavy (non-hydrogen) atoms. The summed E-state index contributed by atoms with van der Waals surface area (Å²) in [6.45, 7) is 5.82. The number of benzene rings is 1. The van der Waals surface area contributed by atoms with Crippen LogP contribution in [0.4, 0.5) is 4.79 Å². The lowest BCUT2D eigenvalue weighted by Crippen LogP contribution is -2.44. The molecule has 6 nitrogen and oxygen atoms in total. The lowest BCUT2D eigenvalue weighted by atomic mass is 10.1. The van der Waals surface area contributed by atoms with Crippen LogP contribution in [-0.4, -0.2) is 33.6 Å². The average molecular weight is 330 g/mol. The molecule has 6 heteroatoms. The largest absolute Gasteiger partial charge is 0.394 e. The molecule has 1 aromatic carbocycles. The predicted octanol–water partition coefficient (Wildman–Crippen LogP) is 2.00. The third-order valence-electron chi connectivity index (χ3n) is 4.24. The second kappa shape index (κ2) is 7.97. The van der Waals surface area contributed by atoms with Crippen LogP contribution < -0.4 is 10.6 Å². The number of rotatable bonds is 6. The predicted molar refractivity (Wildman–Crippen MR) is 93.8 cm³/mol. The van der Waals surface area contributed by atoms with Gasteiger partial charge in [0, 0.05) is 18.8 Å².